The molecular formula is C24H18N2O4. The maximum atomic E-state index is 13.0. The third kappa shape index (κ3) is 2.24. The van der Waals surface area contributed by atoms with Crippen molar-refractivity contribution >= 4 is 44.8 Å². The van der Waals surface area contributed by atoms with Crippen molar-refractivity contribution in [3.8, 4) is 5.75 Å². The van der Waals surface area contributed by atoms with Gasteiger partial charge in [0.2, 0.25) is 0 Å². The Morgan fingerprint density at radius 2 is 1.90 bits per heavy atom. The summed E-state index contributed by atoms with van der Waals surface area (Å²) in [5.74, 6) is -0.213. The van der Waals surface area contributed by atoms with Crippen LogP contribution in [0, 0.1) is 0 Å². The zero-order valence-electron chi connectivity index (χ0n) is 16.3. The van der Waals surface area contributed by atoms with Crippen LogP contribution in [0.2, 0.25) is 0 Å². The van der Waals surface area contributed by atoms with Gasteiger partial charge < -0.3 is 13.7 Å². The molecule has 4 aromatic rings. The Morgan fingerprint density at radius 3 is 2.73 bits per heavy atom. The second-order valence-electron chi connectivity index (χ2n) is 7.70. The van der Waals surface area contributed by atoms with Crippen LogP contribution in [-0.2, 0) is 22.6 Å². The van der Waals surface area contributed by atoms with Gasteiger partial charge in [-0.05, 0) is 36.6 Å². The zero-order chi connectivity index (χ0) is 20.4. The van der Waals surface area contributed by atoms with Crippen molar-refractivity contribution < 1.29 is 18.7 Å². The molecule has 148 valence electrons. The summed E-state index contributed by atoms with van der Waals surface area (Å²) in [7, 11) is 1.57. The number of hydrogen-bond acceptors (Lipinski definition) is 4. The first-order valence-corrected chi connectivity index (χ1v) is 9.92. The van der Waals surface area contributed by atoms with Crippen LogP contribution in [0.3, 0.4) is 0 Å². The third-order valence-corrected chi connectivity index (χ3v) is 6.06. The molecule has 0 fully saturated rings. The molecule has 2 aliphatic heterocycles. The standard InChI is InChI=1S/C24H18N2O4/c1-29-15-10-14-7-9-30-22(14)17(11-15)19-20(24(28)25-23(19)27)18-12-26-8-3-5-13-4-2-6-16(18)21(13)26/h2,4,6-7,9-12H,3,5,8H2,1H3,(H,25,27,28). The highest BCUT2D eigenvalue weighted by Crippen LogP contribution is 2.41. The van der Waals surface area contributed by atoms with E-state index in [1.54, 1.807) is 19.4 Å². The van der Waals surface area contributed by atoms with E-state index in [0.29, 0.717) is 28.0 Å². The molecule has 30 heavy (non-hydrogen) atoms. The highest BCUT2D eigenvalue weighted by molar-refractivity contribution is 6.50. The number of aromatic nitrogens is 1. The van der Waals surface area contributed by atoms with Crippen molar-refractivity contribution in [1.82, 2.24) is 9.88 Å². The van der Waals surface area contributed by atoms with Gasteiger partial charge in [0.1, 0.15) is 11.3 Å². The molecule has 0 spiro atoms. The summed E-state index contributed by atoms with van der Waals surface area (Å²) in [5.41, 5.74) is 5.01. The van der Waals surface area contributed by atoms with Crippen molar-refractivity contribution in [2.45, 2.75) is 19.4 Å². The number of carbonyl (C=O) groups excluding carboxylic acids is 2. The molecule has 0 aliphatic carbocycles. The molecule has 2 amide bonds. The number of nitrogens with one attached hydrogen (secondary N) is 1. The first kappa shape index (κ1) is 17.1. The van der Waals surface area contributed by atoms with Gasteiger partial charge in [-0.1, -0.05) is 18.2 Å². The van der Waals surface area contributed by atoms with Crippen molar-refractivity contribution in [3.05, 3.63) is 65.5 Å². The number of para-hydroxylation sites is 1. The highest BCUT2D eigenvalue weighted by Gasteiger charge is 2.36. The summed E-state index contributed by atoms with van der Waals surface area (Å²) >= 11 is 0. The molecule has 1 N–H and O–H groups in total. The Kier molecular flexibility index (Phi) is 3.47. The van der Waals surface area contributed by atoms with E-state index in [2.05, 4.69) is 16.0 Å². The molecule has 2 aromatic heterocycles. The summed E-state index contributed by atoms with van der Waals surface area (Å²) in [5, 5.41) is 4.29. The van der Waals surface area contributed by atoms with Gasteiger partial charge >= 0.3 is 0 Å². The van der Waals surface area contributed by atoms with Crippen LogP contribution in [0.1, 0.15) is 23.1 Å². The number of aryl methyl sites for hydroxylation is 2. The molecule has 2 aromatic carbocycles. The minimum absolute atomic E-state index is 0.322. The van der Waals surface area contributed by atoms with Gasteiger partial charge in [-0.2, -0.15) is 0 Å². The van der Waals surface area contributed by atoms with Crippen LogP contribution in [-0.4, -0.2) is 23.5 Å². The number of imide groups is 1. The molecular weight excluding hydrogens is 380 g/mol. The van der Waals surface area contributed by atoms with E-state index in [1.165, 1.54) is 5.56 Å². The summed E-state index contributed by atoms with van der Waals surface area (Å²) in [4.78, 5) is 25.9. The van der Waals surface area contributed by atoms with E-state index in [4.69, 9.17) is 9.15 Å². The van der Waals surface area contributed by atoms with Crippen LogP contribution in [0.4, 0.5) is 0 Å². The van der Waals surface area contributed by atoms with Crippen molar-refractivity contribution in [1.29, 1.82) is 0 Å². The van der Waals surface area contributed by atoms with Gasteiger partial charge in [-0.3, -0.25) is 14.9 Å². The van der Waals surface area contributed by atoms with Gasteiger partial charge in [0.15, 0.2) is 0 Å². The lowest BCUT2D eigenvalue weighted by Gasteiger charge is -2.14. The number of furan rings is 1. The number of amides is 2. The zero-order valence-corrected chi connectivity index (χ0v) is 16.3. The van der Waals surface area contributed by atoms with Gasteiger partial charge in [-0.15, -0.1) is 0 Å². The molecule has 6 rings (SSSR count). The Hall–Kier alpha value is -3.80. The van der Waals surface area contributed by atoms with E-state index in [0.717, 1.165) is 41.2 Å². The van der Waals surface area contributed by atoms with Gasteiger partial charge in [-0.25, -0.2) is 0 Å². The number of ether oxygens (including phenoxy) is 1. The Bertz CT molecular complexity index is 1420. The lowest BCUT2D eigenvalue weighted by molar-refractivity contribution is -0.122. The van der Waals surface area contributed by atoms with E-state index in [9.17, 15) is 9.59 Å². The van der Waals surface area contributed by atoms with Crippen LogP contribution >= 0.6 is 0 Å². The number of methoxy groups -OCH3 is 1. The van der Waals surface area contributed by atoms with Crippen LogP contribution < -0.4 is 10.1 Å². The van der Waals surface area contributed by atoms with Gasteiger partial charge in [0, 0.05) is 34.6 Å². The van der Waals surface area contributed by atoms with Crippen molar-refractivity contribution in [2.24, 2.45) is 0 Å². The maximum absolute atomic E-state index is 13.0. The second kappa shape index (κ2) is 6.10. The minimum atomic E-state index is -0.423. The summed E-state index contributed by atoms with van der Waals surface area (Å²) in [6.07, 6.45) is 5.64. The van der Waals surface area contributed by atoms with Gasteiger partial charge in [0.05, 0.1) is 30.0 Å². The molecule has 0 bridgehead atoms. The van der Waals surface area contributed by atoms with Gasteiger partial charge in [0.25, 0.3) is 11.8 Å². The predicted octanol–water partition coefficient (Wildman–Crippen LogP) is 3.91. The molecule has 0 saturated carbocycles. The monoisotopic (exact) mass is 398 g/mol. The molecule has 6 nitrogen and oxygen atoms in total. The Labute approximate surface area is 171 Å². The van der Waals surface area contributed by atoms with Crippen LogP contribution in [0.5, 0.6) is 5.75 Å². The van der Waals surface area contributed by atoms with E-state index >= 15 is 0 Å². The van der Waals surface area contributed by atoms with E-state index in [1.807, 2.05) is 30.5 Å². The quantitative estimate of drug-likeness (QED) is 0.531. The number of rotatable bonds is 3. The highest BCUT2D eigenvalue weighted by atomic mass is 16.5. The summed E-state index contributed by atoms with van der Waals surface area (Å²) < 4.78 is 13.3. The predicted molar refractivity (Wildman–Crippen MR) is 113 cm³/mol. The number of hydrogen-bond donors (Lipinski definition) is 1. The molecule has 2 aliphatic rings. The molecule has 4 heterocycles. The Morgan fingerprint density at radius 1 is 1.07 bits per heavy atom. The average molecular weight is 398 g/mol. The first-order valence-electron chi connectivity index (χ1n) is 9.92. The minimum Gasteiger partial charge on any atom is -0.497 e. The van der Waals surface area contributed by atoms with E-state index in [-0.39, 0.29) is 5.91 Å². The summed E-state index contributed by atoms with van der Waals surface area (Å²) in [6.45, 7) is 0.896. The fourth-order valence-corrected chi connectivity index (χ4v) is 4.78. The molecule has 0 atom stereocenters. The molecule has 6 heteroatoms. The lowest BCUT2D eigenvalue weighted by Crippen LogP contribution is -2.22. The number of fused-ring (bicyclic) bond motifs is 1. The smallest absolute Gasteiger partial charge is 0.259 e. The SMILES string of the molecule is COc1cc(C2=C(c3cn4c5c(cccc35)CCC4)C(=O)NC2=O)c2occc2c1. The topological polar surface area (TPSA) is 73.5 Å². The molecule has 0 unspecified atom stereocenters. The largest absolute Gasteiger partial charge is 0.497 e. The number of carbonyl (C=O) groups is 2. The fourth-order valence-electron chi connectivity index (χ4n) is 4.78. The van der Waals surface area contributed by atoms with Crippen molar-refractivity contribution in [2.75, 3.05) is 7.11 Å². The second-order valence-corrected chi connectivity index (χ2v) is 7.70. The normalized spacial score (nSPS) is 16.0. The van der Waals surface area contributed by atoms with Crippen LogP contribution in [0.15, 0.2) is 53.3 Å². The first-order chi connectivity index (χ1) is 14.7. The number of nitrogens with zero attached hydrogens (tertiary/aromatic N) is 1. The van der Waals surface area contributed by atoms with E-state index < -0.39 is 5.91 Å². The van der Waals surface area contributed by atoms with Crippen molar-refractivity contribution in [3.63, 3.8) is 0 Å². The van der Waals surface area contributed by atoms with Crippen LogP contribution in [0.25, 0.3) is 33.0 Å². The maximum Gasteiger partial charge on any atom is 0.259 e. The number of benzene rings is 2. The third-order valence-electron chi connectivity index (χ3n) is 6.06. The molecule has 0 radical (unpaired) electrons. The lowest BCUT2D eigenvalue weighted by atomic mass is 9.94. The average Bonchev–Trinajstić information content (AvgIpc) is 3.44. The summed E-state index contributed by atoms with van der Waals surface area (Å²) in [6, 6.07) is 11.6. The molecule has 0 saturated heterocycles. The Balaban J connectivity index is 1.70. The fraction of sp³-hybridized carbons (Fsp3) is 0.167.